The number of halogens is 1. The third-order valence-electron chi connectivity index (χ3n) is 5.90. The Labute approximate surface area is 184 Å². The van der Waals surface area contributed by atoms with Crippen LogP contribution >= 0.6 is 11.3 Å². The molecule has 1 atom stereocenters. The van der Waals surface area contributed by atoms with Gasteiger partial charge in [-0.15, -0.1) is 11.3 Å². The molecule has 4 rings (SSSR count). The van der Waals surface area contributed by atoms with Crippen molar-refractivity contribution in [2.75, 3.05) is 19.6 Å². The first-order chi connectivity index (χ1) is 14.8. The lowest BCUT2D eigenvalue weighted by Gasteiger charge is -2.30. The quantitative estimate of drug-likeness (QED) is 0.717. The second-order valence-electron chi connectivity index (χ2n) is 8.13. The van der Waals surface area contributed by atoms with Crippen LogP contribution in [-0.2, 0) is 16.0 Å². The van der Waals surface area contributed by atoms with Crippen molar-refractivity contribution in [3.63, 3.8) is 0 Å². The molecule has 1 N–H and O–H groups in total. The summed E-state index contributed by atoms with van der Waals surface area (Å²) in [6.45, 7) is 4.59. The molecule has 31 heavy (non-hydrogen) atoms. The number of nitrogens with one attached hydrogen (secondary N) is 1. The van der Waals surface area contributed by atoms with E-state index in [-0.39, 0.29) is 35.4 Å². The highest BCUT2D eigenvalue weighted by Crippen LogP contribution is 2.42. The summed E-state index contributed by atoms with van der Waals surface area (Å²) in [6, 6.07) is 6.45. The molecule has 0 aliphatic carbocycles. The SMILES string of the molecule is CC(=O)c1ccc(-c2cc(F)cc3c2O[C@@H](CNC(=O)C2CCN(C(C)=O)CC2)C3)s1. The maximum atomic E-state index is 14.2. The van der Waals surface area contributed by atoms with Crippen LogP contribution in [0.5, 0.6) is 5.75 Å². The van der Waals surface area contributed by atoms with E-state index >= 15 is 0 Å². The van der Waals surface area contributed by atoms with Crippen LogP contribution in [0.4, 0.5) is 4.39 Å². The van der Waals surface area contributed by atoms with Crippen molar-refractivity contribution in [2.24, 2.45) is 5.92 Å². The smallest absolute Gasteiger partial charge is 0.223 e. The molecule has 0 radical (unpaired) electrons. The Bertz CT molecular complexity index is 1030. The van der Waals surface area contributed by atoms with E-state index in [1.54, 1.807) is 17.9 Å². The molecule has 0 saturated carbocycles. The molecule has 6 nitrogen and oxygen atoms in total. The summed E-state index contributed by atoms with van der Waals surface area (Å²) in [5.74, 6) is 0.145. The van der Waals surface area contributed by atoms with E-state index in [2.05, 4.69) is 5.32 Å². The molecule has 1 aromatic carbocycles. The van der Waals surface area contributed by atoms with Gasteiger partial charge in [-0.1, -0.05) is 0 Å². The van der Waals surface area contributed by atoms with Gasteiger partial charge >= 0.3 is 0 Å². The predicted octanol–water partition coefficient (Wildman–Crippen LogP) is 3.44. The van der Waals surface area contributed by atoms with Crippen LogP contribution in [0.15, 0.2) is 24.3 Å². The van der Waals surface area contributed by atoms with Gasteiger partial charge in [0.2, 0.25) is 11.8 Å². The molecule has 1 saturated heterocycles. The summed E-state index contributed by atoms with van der Waals surface area (Å²) in [7, 11) is 0. The Morgan fingerprint density at radius 3 is 2.58 bits per heavy atom. The van der Waals surface area contributed by atoms with Gasteiger partial charge in [0.05, 0.1) is 11.4 Å². The van der Waals surface area contributed by atoms with Crippen molar-refractivity contribution in [3.8, 4) is 16.2 Å². The van der Waals surface area contributed by atoms with Crippen LogP contribution in [0.25, 0.3) is 10.4 Å². The summed E-state index contributed by atoms with van der Waals surface area (Å²) in [4.78, 5) is 38.8. The maximum absolute atomic E-state index is 14.2. The molecule has 1 aromatic heterocycles. The fourth-order valence-electron chi connectivity index (χ4n) is 4.18. The monoisotopic (exact) mass is 444 g/mol. The van der Waals surface area contributed by atoms with Gasteiger partial charge in [-0.2, -0.15) is 0 Å². The molecule has 0 unspecified atom stereocenters. The number of likely N-dealkylation sites (tertiary alicyclic amines) is 1. The van der Waals surface area contributed by atoms with Crippen molar-refractivity contribution in [1.29, 1.82) is 0 Å². The fraction of sp³-hybridized carbons (Fsp3) is 0.435. The molecule has 8 heteroatoms. The fourth-order valence-corrected chi connectivity index (χ4v) is 5.09. The first-order valence-electron chi connectivity index (χ1n) is 10.4. The number of ether oxygens (including phenoxy) is 1. The summed E-state index contributed by atoms with van der Waals surface area (Å²) in [6.07, 6.45) is 1.55. The van der Waals surface area contributed by atoms with Gasteiger partial charge in [0, 0.05) is 48.4 Å². The number of nitrogens with zero attached hydrogens (tertiary/aromatic N) is 1. The number of fused-ring (bicyclic) bond motifs is 1. The van der Waals surface area contributed by atoms with E-state index in [0.717, 1.165) is 10.4 Å². The van der Waals surface area contributed by atoms with Gasteiger partial charge in [-0.05, 0) is 44.0 Å². The molecule has 3 heterocycles. The molecule has 2 aromatic rings. The van der Waals surface area contributed by atoms with E-state index in [1.165, 1.54) is 30.4 Å². The number of hydrogen-bond donors (Lipinski definition) is 1. The lowest BCUT2D eigenvalue weighted by molar-refractivity contribution is -0.134. The number of amides is 2. The van der Waals surface area contributed by atoms with Crippen LogP contribution in [0, 0.1) is 11.7 Å². The largest absolute Gasteiger partial charge is 0.487 e. The molecule has 1 fully saturated rings. The van der Waals surface area contributed by atoms with Crippen LogP contribution < -0.4 is 10.1 Å². The van der Waals surface area contributed by atoms with Crippen LogP contribution in [0.2, 0.25) is 0 Å². The first-order valence-corrected chi connectivity index (χ1v) is 11.3. The molecule has 0 spiro atoms. The Kier molecular flexibility index (Phi) is 6.09. The van der Waals surface area contributed by atoms with Gasteiger partial charge < -0.3 is 15.0 Å². The zero-order valence-corrected chi connectivity index (χ0v) is 18.4. The van der Waals surface area contributed by atoms with Gasteiger partial charge in [-0.3, -0.25) is 14.4 Å². The maximum Gasteiger partial charge on any atom is 0.223 e. The number of Topliss-reactive ketones (excluding diaryl/α,β-unsaturated/α-hetero) is 1. The molecule has 2 aliphatic rings. The van der Waals surface area contributed by atoms with E-state index in [1.807, 2.05) is 6.07 Å². The highest BCUT2D eigenvalue weighted by molar-refractivity contribution is 7.17. The molecular weight excluding hydrogens is 419 g/mol. The second-order valence-corrected chi connectivity index (χ2v) is 9.21. The number of carbonyl (C=O) groups is 3. The Morgan fingerprint density at radius 1 is 1.19 bits per heavy atom. The Morgan fingerprint density at radius 2 is 1.94 bits per heavy atom. The summed E-state index contributed by atoms with van der Waals surface area (Å²) in [5.41, 5.74) is 1.40. The zero-order chi connectivity index (χ0) is 22.1. The number of benzene rings is 1. The number of thiophene rings is 1. The summed E-state index contributed by atoms with van der Waals surface area (Å²) < 4.78 is 20.3. The number of rotatable bonds is 5. The predicted molar refractivity (Wildman–Crippen MR) is 116 cm³/mol. The minimum Gasteiger partial charge on any atom is -0.487 e. The average Bonchev–Trinajstić information content (AvgIpc) is 3.38. The lowest BCUT2D eigenvalue weighted by Crippen LogP contribution is -2.44. The first kappa shape index (κ1) is 21.5. The Hall–Kier alpha value is -2.74. The van der Waals surface area contributed by atoms with Gasteiger partial charge in [0.25, 0.3) is 0 Å². The van der Waals surface area contributed by atoms with Crippen LogP contribution in [-0.4, -0.2) is 48.2 Å². The Balaban J connectivity index is 1.39. The van der Waals surface area contributed by atoms with E-state index in [0.29, 0.717) is 55.1 Å². The van der Waals surface area contributed by atoms with Crippen molar-refractivity contribution >= 4 is 28.9 Å². The zero-order valence-electron chi connectivity index (χ0n) is 17.6. The van der Waals surface area contributed by atoms with Crippen LogP contribution in [0.1, 0.15) is 41.9 Å². The molecular formula is C23H25FN2O4S. The van der Waals surface area contributed by atoms with Crippen molar-refractivity contribution < 1.29 is 23.5 Å². The number of piperidine rings is 1. The van der Waals surface area contributed by atoms with E-state index < -0.39 is 0 Å². The number of ketones is 1. The summed E-state index contributed by atoms with van der Waals surface area (Å²) in [5, 5.41) is 2.96. The molecule has 2 aliphatic heterocycles. The van der Waals surface area contributed by atoms with Crippen LogP contribution in [0.3, 0.4) is 0 Å². The number of hydrogen-bond acceptors (Lipinski definition) is 5. The third kappa shape index (κ3) is 4.63. The number of carbonyl (C=O) groups excluding carboxylic acids is 3. The average molecular weight is 445 g/mol. The summed E-state index contributed by atoms with van der Waals surface area (Å²) >= 11 is 1.32. The molecule has 164 valence electrons. The lowest BCUT2D eigenvalue weighted by atomic mass is 9.96. The minimum atomic E-state index is -0.350. The highest BCUT2D eigenvalue weighted by Gasteiger charge is 2.30. The standard InChI is InChI=1S/C23H25FN2O4S/c1-13(27)20-3-4-21(31-20)19-11-17(24)9-16-10-18(30-22(16)19)12-25-23(29)15-5-7-26(8-6-15)14(2)28/h3-4,9,11,15,18H,5-8,10,12H2,1-2H3,(H,25,29)/t18-/m1/s1. The highest BCUT2D eigenvalue weighted by atomic mass is 32.1. The minimum absolute atomic E-state index is 0.0278. The second kappa shape index (κ2) is 8.78. The third-order valence-corrected chi connectivity index (χ3v) is 7.12. The van der Waals surface area contributed by atoms with Crippen molar-refractivity contribution in [3.05, 3.63) is 40.5 Å². The molecule has 2 amide bonds. The van der Waals surface area contributed by atoms with E-state index in [4.69, 9.17) is 4.74 Å². The normalized spacial score (nSPS) is 18.4. The van der Waals surface area contributed by atoms with Crippen molar-refractivity contribution in [2.45, 2.75) is 39.2 Å². The van der Waals surface area contributed by atoms with Gasteiger partial charge in [0.1, 0.15) is 17.7 Å². The van der Waals surface area contributed by atoms with Crippen molar-refractivity contribution in [1.82, 2.24) is 10.2 Å². The molecule has 0 bridgehead atoms. The van der Waals surface area contributed by atoms with Gasteiger partial charge in [0.15, 0.2) is 5.78 Å². The van der Waals surface area contributed by atoms with Gasteiger partial charge in [-0.25, -0.2) is 4.39 Å². The topological polar surface area (TPSA) is 75.7 Å². The van der Waals surface area contributed by atoms with E-state index in [9.17, 15) is 18.8 Å².